The fraction of sp³-hybridized carbons (Fsp3) is 0.292. The van der Waals surface area contributed by atoms with E-state index in [1.54, 1.807) is 35.5 Å². The molecule has 2 amide bonds. The molecule has 1 fully saturated rings. The lowest BCUT2D eigenvalue weighted by molar-refractivity contribution is -0.136. The third-order valence-corrected chi connectivity index (χ3v) is 5.41. The molecular weight excluding hydrogens is 423 g/mol. The molecule has 0 spiro atoms. The molecule has 0 bridgehead atoms. The Balaban J connectivity index is 1.70. The van der Waals surface area contributed by atoms with Gasteiger partial charge >= 0.3 is 0 Å². The van der Waals surface area contributed by atoms with Crippen molar-refractivity contribution in [1.29, 1.82) is 0 Å². The van der Waals surface area contributed by atoms with Crippen LogP contribution in [0.3, 0.4) is 0 Å². The Bertz CT molecular complexity index is 1140. The molecule has 1 atom stereocenters. The van der Waals surface area contributed by atoms with Crippen LogP contribution in [0.1, 0.15) is 38.1 Å². The number of amides is 2. The molecule has 33 heavy (non-hydrogen) atoms. The number of nitrogens with one attached hydrogen (secondary N) is 2. The monoisotopic (exact) mass is 448 g/mol. The summed E-state index contributed by atoms with van der Waals surface area (Å²) in [4.78, 5) is 39.5. The predicted octanol–water partition coefficient (Wildman–Crippen LogP) is 3.61. The van der Waals surface area contributed by atoms with Crippen molar-refractivity contribution in [3.63, 3.8) is 0 Å². The minimum absolute atomic E-state index is 0.0669. The Morgan fingerprint density at radius 2 is 2.03 bits per heavy atom. The van der Waals surface area contributed by atoms with E-state index >= 15 is 0 Å². The molecule has 2 aromatic heterocycles. The van der Waals surface area contributed by atoms with Crippen LogP contribution in [0.25, 0.3) is 11.3 Å². The highest BCUT2D eigenvalue weighted by Crippen LogP contribution is 2.32. The lowest BCUT2D eigenvalue weighted by atomic mass is 10.0. The van der Waals surface area contributed by atoms with Crippen LogP contribution in [-0.2, 0) is 9.59 Å². The Morgan fingerprint density at radius 3 is 2.79 bits per heavy atom. The van der Waals surface area contributed by atoms with E-state index in [0.29, 0.717) is 36.0 Å². The highest BCUT2D eigenvalue weighted by molar-refractivity contribution is 5.84. The summed E-state index contributed by atoms with van der Waals surface area (Å²) in [5, 5.41) is 5.72. The number of likely N-dealkylation sites (tertiary alicyclic amines) is 1. The van der Waals surface area contributed by atoms with Crippen molar-refractivity contribution < 1.29 is 14.0 Å². The first kappa shape index (κ1) is 22.3. The Labute approximate surface area is 191 Å². The first-order valence-electron chi connectivity index (χ1n) is 10.9. The molecule has 1 aliphatic rings. The summed E-state index contributed by atoms with van der Waals surface area (Å²) in [7, 11) is 0. The predicted molar refractivity (Wildman–Crippen MR) is 122 cm³/mol. The molecule has 0 aliphatic carbocycles. The summed E-state index contributed by atoms with van der Waals surface area (Å²) in [6.45, 7) is 1.88. The van der Waals surface area contributed by atoms with E-state index in [9.17, 15) is 14.0 Å². The van der Waals surface area contributed by atoms with Crippen molar-refractivity contribution in [2.24, 2.45) is 0 Å². The molecule has 1 aliphatic heterocycles. The average Bonchev–Trinajstić information content (AvgIpc) is 2.83. The first-order valence-corrected chi connectivity index (χ1v) is 10.9. The van der Waals surface area contributed by atoms with Gasteiger partial charge < -0.3 is 15.5 Å². The number of carbonyl (C=O) groups excluding carboxylic acids is 2. The van der Waals surface area contributed by atoms with Gasteiger partial charge in [0.15, 0.2) is 5.82 Å². The van der Waals surface area contributed by atoms with Crippen LogP contribution in [0.4, 0.5) is 15.9 Å². The van der Waals surface area contributed by atoms with Crippen LogP contribution in [-0.4, -0.2) is 44.8 Å². The molecule has 0 radical (unpaired) electrons. The molecular formula is C24H25FN6O2. The third kappa shape index (κ3) is 5.68. The maximum Gasteiger partial charge on any atom is 0.242 e. The summed E-state index contributed by atoms with van der Waals surface area (Å²) in [5.41, 5.74) is 2.00. The van der Waals surface area contributed by atoms with Crippen LogP contribution in [0, 0.1) is 5.82 Å². The summed E-state index contributed by atoms with van der Waals surface area (Å²) in [5.74, 6) is 0.192. The number of aromatic nitrogens is 3. The maximum absolute atomic E-state index is 13.7. The van der Waals surface area contributed by atoms with E-state index in [4.69, 9.17) is 4.98 Å². The number of hydrogen-bond donors (Lipinski definition) is 2. The van der Waals surface area contributed by atoms with E-state index < -0.39 is 0 Å². The fourth-order valence-electron chi connectivity index (χ4n) is 3.86. The fourth-order valence-corrected chi connectivity index (χ4v) is 3.86. The van der Waals surface area contributed by atoms with Gasteiger partial charge in [0.05, 0.1) is 18.3 Å². The number of hydrogen-bond acceptors (Lipinski definition) is 6. The van der Waals surface area contributed by atoms with E-state index in [0.717, 1.165) is 18.4 Å². The van der Waals surface area contributed by atoms with Crippen molar-refractivity contribution >= 4 is 23.3 Å². The number of benzene rings is 1. The molecule has 1 aromatic carbocycles. The molecule has 3 aromatic rings. The zero-order chi connectivity index (χ0) is 23.2. The van der Waals surface area contributed by atoms with Crippen LogP contribution < -0.4 is 10.6 Å². The van der Waals surface area contributed by atoms with Gasteiger partial charge in [0.2, 0.25) is 11.8 Å². The lowest BCUT2D eigenvalue weighted by Crippen LogP contribution is -2.44. The number of carbonyl (C=O) groups is 2. The zero-order valence-electron chi connectivity index (χ0n) is 18.3. The minimum Gasteiger partial charge on any atom is -0.347 e. The number of rotatable bonds is 6. The van der Waals surface area contributed by atoms with Gasteiger partial charge in [0, 0.05) is 43.2 Å². The third-order valence-electron chi connectivity index (χ3n) is 5.41. The topological polar surface area (TPSA) is 100 Å². The molecule has 0 saturated carbocycles. The van der Waals surface area contributed by atoms with Gasteiger partial charge in [0.25, 0.3) is 0 Å². The van der Waals surface area contributed by atoms with Gasteiger partial charge in [-0.3, -0.25) is 14.6 Å². The molecule has 3 heterocycles. The van der Waals surface area contributed by atoms with E-state index in [1.807, 2.05) is 12.1 Å². The normalized spacial score (nSPS) is 15.7. The second-order valence-corrected chi connectivity index (χ2v) is 7.88. The highest BCUT2D eigenvalue weighted by atomic mass is 19.1. The minimum atomic E-state index is -0.358. The van der Waals surface area contributed by atoms with E-state index in [1.165, 1.54) is 19.1 Å². The summed E-state index contributed by atoms with van der Waals surface area (Å²) in [6, 6.07) is 11.3. The second kappa shape index (κ2) is 10.2. The molecule has 9 heteroatoms. The standard InChI is InChI=1S/C24H25FN6O2/c1-16(32)27-15-23(33)31-11-3-2-9-21(31)24-29-20(17-6-5-10-26-14-17)13-22(30-24)28-19-8-4-7-18(25)12-19/h4-8,10,12-14,21H,2-3,9,11,15H2,1H3,(H,27,32)(H,28,29,30)/t21-/m0/s1. The van der Waals surface area contributed by atoms with Crippen molar-refractivity contribution in [2.75, 3.05) is 18.4 Å². The molecule has 170 valence electrons. The molecule has 2 N–H and O–H groups in total. The zero-order valence-corrected chi connectivity index (χ0v) is 18.3. The van der Waals surface area contributed by atoms with Crippen molar-refractivity contribution in [3.05, 3.63) is 66.5 Å². The number of anilines is 2. The van der Waals surface area contributed by atoms with Gasteiger partial charge in [-0.2, -0.15) is 0 Å². The smallest absolute Gasteiger partial charge is 0.242 e. The lowest BCUT2D eigenvalue weighted by Gasteiger charge is -2.35. The number of halogens is 1. The summed E-state index contributed by atoms with van der Waals surface area (Å²) >= 11 is 0. The van der Waals surface area contributed by atoms with Gasteiger partial charge in [-0.25, -0.2) is 14.4 Å². The molecule has 0 unspecified atom stereocenters. The quantitative estimate of drug-likeness (QED) is 0.598. The largest absolute Gasteiger partial charge is 0.347 e. The number of piperidine rings is 1. The van der Waals surface area contributed by atoms with E-state index in [-0.39, 0.29) is 30.2 Å². The molecule has 4 rings (SSSR count). The van der Waals surface area contributed by atoms with Crippen LogP contribution in [0.15, 0.2) is 54.9 Å². The highest BCUT2D eigenvalue weighted by Gasteiger charge is 2.30. The number of nitrogens with zero attached hydrogens (tertiary/aromatic N) is 4. The van der Waals surface area contributed by atoms with Crippen LogP contribution in [0.2, 0.25) is 0 Å². The maximum atomic E-state index is 13.7. The van der Waals surface area contributed by atoms with E-state index in [2.05, 4.69) is 20.6 Å². The van der Waals surface area contributed by atoms with Gasteiger partial charge in [-0.15, -0.1) is 0 Å². The Kier molecular flexibility index (Phi) is 6.87. The molecule has 8 nitrogen and oxygen atoms in total. The van der Waals surface area contributed by atoms with Crippen molar-refractivity contribution in [1.82, 2.24) is 25.2 Å². The second-order valence-electron chi connectivity index (χ2n) is 7.88. The molecule has 1 saturated heterocycles. The Morgan fingerprint density at radius 1 is 1.15 bits per heavy atom. The van der Waals surface area contributed by atoms with Crippen molar-refractivity contribution in [2.45, 2.75) is 32.2 Å². The van der Waals surface area contributed by atoms with Crippen molar-refractivity contribution in [3.8, 4) is 11.3 Å². The summed E-state index contributed by atoms with van der Waals surface area (Å²) in [6.07, 6.45) is 5.90. The van der Waals surface area contributed by atoms with Gasteiger partial charge in [-0.1, -0.05) is 6.07 Å². The first-order chi connectivity index (χ1) is 16.0. The van der Waals surface area contributed by atoms with Crippen LogP contribution >= 0.6 is 0 Å². The average molecular weight is 449 g/mol. The number of pyridine rings is 1. The van der Waals surface area contributed by atoms with Gasteiger partial charge in [0.1, 0.15) is 11.6 Å². The van der Waals surface area contributed by atoms with Gasteiger partial charge in [-0.05, 0) is 49.6 Å². The summed E-state index contributed by atoms with van der Waals surface area (Å²) < 4.78 is 13.7. The Hall–Kier alpha value is -3.88. The SMILES string of the molecule is CC(=O)NCC(=O)N1CCCC[C@H]1c1nc(Nc2cccc(F)c2)cc(-c2cccnc2)n1. The van der Waals surface area contributed by atoms with Crippen LogP contribution in [0.5, 0.6) is 0 Å².